The van der Waals surface area contributed by atoms with E-state index in [1.165, 1.54) is 61.8 Å². The summed E-state index contributed by atoms with van der Waals surface area (Å²) < 4.78 is 26.2. The number of carbonyl (C=O) groups is 11. The topological polar surface area (TPSA) is 321 Å². The van der Waals surface area contributed by atoms with E-state index in [1.807, 2.05) is 79.7 Å². The Bertz CT molecular complexity index is 3680. The van der Waals surface area contributed by atoms with E-state index in [-0.39, 0.29) is 104 Å². The average molecular weight is 1760 g/mol. The molecular formula is C88H133Br2LiN5O19P. The normalized spacial score (nSPS) is 20.3. The number of carboxylic acids is 1. The van der Waals surface area contributed by atoms with Crippen LogP contribution >= 0.6 is 36.7 Å². The predicted molar refractivity (Wildman–Crippen MR) is 462 cm³/mol. The van der Waals surface area contributed by atoms with Crippen LogP contribution in [0.15, 0.2) is 133 Å². The summed E-state index contributed by atoms with van der Waals surface area (Å²) in [6.45, 7) is 42.7. The summed E-state index contributed by atoms with van der Waals surface area (Å²) in [5.41, 5.74) is -0.413. The maximum absolute atomic E-state index is 12.0. The molecule has 5 aliphatic heterocycles. The van der Waals surface area contributed by atoms with Gasteiger partial charge in [-0.2, -0.15) is 0 Å². The third kappa shape index (κ3) is 34.6. The number of aliphatic carboxylic acids is 1. The molecule has 0 saturated carbocycles. The zero-order valence-electron chi connectivity index (χ0n) is 72.5. The molecule has 2 unspecified atom stereocenters. The van der Waals surface area contributed by atoms with Gasteiger partial charge in [-0.1, -0.05) is 92.0 Å². The summed E-state index contributed by atoms with van der Waals surface area (Å²) in [4.78, 5) is 134. The predicted octanol–water partition coefficient (Wildman–Crippen LogP) is 14.2. The monoisotopic (exact) mass is 1760 g/mol. The first-order valence-corrected chi connectivity index (χ1v) is 44.4. The molecule has 0 radical (unpaired) electrons. The number of alkyl halides is 1. The SMILES string of the molecule is BrCc1ccccc1.C.CC(=O)[C@@H]1CC(=O)CN1C(=O)OC(C)(C)C.CC(=O)[C@@H]1C[C@@H](O)CN1C(=O)OC(C)(C)C.CC=C1C[C@@H](C(C)=O)N(C(=O)OC(C)(C)C)C1.CCC1C[C@@H](C(=O)O)N(C(=O)OC(C)(C)C)C1.CCC1C[C@@H](C(C)=O)N(C(=O)OC(C)(C)C)C1.CCP(Br)(c1ccccc1)(c1ccccc1)c1ccccc1.[Li+].[OH-]. The standard InChI is InChI=1S/C20H20BrP.C13H23NO3.C13H21NO3.C12H21NO4.C11H19NO4.C11H17NO4.C7H7Br.CH4.Li.H2O/c1-2-22(21,18-12-6-3-7-13-18,19-14-8-4-9-15-19)20-16-10-5-11-17-20;2*1-6-10-7-11(9(2)15)14(8-10)12(16)17-13(3,4)5;1-5-8-6-9(10(14)15)13(7-8)11(16)17-12(2,3)4;2*1-7(13)9-5-8(14)6-12(9)10(15)16-11(2,3)4;8-6-7-4-2-1-3-5-7;;;/h3-17H,2H2,1H3;10-11H,6-8H2,1-5H3;6,11H,7-8H2,1-5H3;8-9H,5-7H2,1-4H3,(H,14,15);8-9,14H,5-6H2,1-4H3;9H,5-6H2,1-4H3;1-5H,6H2;1H4;;1H2/q;;;;;;;;+1;/p-1/t;10?,11-;11-;8?,9-;8-,9+;9-;;;;/m.00010..../s1. The van der Waals surface area contributed by atoms with Gasteiger partial charge in [0.05, 0.1) is 37.3 Å². The Morgan fingerprint density at radius 1 is 0.448 bits per heavy atom. The van der Waals surface area contributed by atoms with Crippen molar-refractivity contribution in [2.75, 3.05) is 38.9 Å². The molecule has 5 aliphatic rings. The van der Waals surface area contributed by atoms with Crippen molar-refractivity contribution in [1.29, 1.82) is 0 Å². The number of aliphatic hydroxyl groups is 1. The first kappa shape index (κ1) is 109. The van der Waals surface area contributed by atoms with Crippen LogP contribution in [-0.4, -0.2) is 209 Å². The van der Waals surface area contributed by atoms with Crippen LogP contribution in [0.2, 0.25) is 0 Å². The van der Waals surface area contributed by atoms with E-state index < -0.39 is 87.9 Å². The molecule has 9 rings (SSSR count). The van der Waals surface area contributed by atoms with Crippen LogP contribution in [0.1, 0.15) is 217 Å². The largest absolute Gasteiger partial charge is 1.00 e. The number of β-amino-alcohol motifs (C(OH)–C–C–N with tert-alkyl or cyclic N) is 1. The number of likely N-dealkylation sites (tertiary alicyclic amines) is 5. The number of amides is 5. The van der Waals surface area contributed by atoms with Gasteiger partial charge in [-0.15, -0.1) is 0 Å². The average Bonchev–Trinajstić information content (AvgIpc) is 0.753. The van der Waals surface area contributed by atoms with Gasteiger partial charge >= 0.3 is 196 Å². The molecule has 0 aliphatic carbocycles. The Kier molecular flexibility index (Phi) is 45.0. The van der Waals surface area contributed by atoms with Crippen LogP contribution < -0.4 is 34.8 Å². The molecule has 4 aromatic carbocycles. The number of hydrogen-bond donors (Lipinski definition) is 2. The molecule has 5 saturated heterocycles. The number of ether oxygens (including phenoxy) is 5. The Labute approximate surface area is 719 Å². The fourth-order valence-corrected chi connectivity index (χ4v) is 19.9. The number of allylic oxidation sites excluding steroid dienone is 1. The number of halogens is 2. The second kappa shape index (κ2) is 48.1. The molecule has 5 amide bonds. The van der Waals surface area contributed by atoms with Crippen LogP contribution in [0.5, 0.6) is 0 Å². The van der Waals surface area contributed by atoms with Gasteiger partial charge in [-0.3, -0.25) is 48.5 Å². The number of aliphatic hydroxyl groups excluding tert-OH is 1. The maximum Gasteiger partial charge on any atom is 1.00 e. The molecule has 5 fully saturated rings. The van der Waals surface area contributed by atoms with Crippen LogP contribution in [0.3, 0.4) is 0 Å². The van der Waals surface area contributed by atoms with Gasteiger partial charge in [0.25, 0.3) is 0 Å². The first-order chi connectivity index (χ1) is 52.3. The van der Waals surface area contributed by atoms with Crippen LogP contribution in [0.4, 0.5) is 24.0 Å². The minimum Gasteiger partial charge on any atom is -0.870 e. The number of nitrogens with zero attached hydrogens (tertiary/aromatic N) is 5. The summed E-state index contributed by atoms with van der Waals surface area (Å²) in [7, 11) is 0. The molecule has 24 nitrogen and oxygen atoms in total. The number of benzene rings is 4. The van der Waals surface area contributed by atoms with E-state index in [4.69, 9.17) is 28.8 Å². The summed E-state index contributed by atoms with van der Waals surface area (Å²) in [5, 5.41) is 21.1. The summed E-state index contributed by atoms with van der Waals surface area (Å²) >= 11 is 7.70. The van der Waals surface area contributed by atoms with Crippen molar-refractivity contribution in [3.8, 4) is 0 Å². The third-order valence-electron chi connectivity index (χ3n) is 18.7. The molecule has 0 bridgehead atoms. The van der Waals surface area contributed by atoms with E-state index in [1.54, 1.807) is 74.1 Å². The van der Waals surface area contributed by atoms with Crippen molar-refractivity contribution < 1.29 is 111 Å². The molecule has 3 N–H and O–H groups in total. The van der Waals surface area contributed by atoms with Gasteiger partial charge in [0.15, 0.2) is 28.9 Å². The van der Waals surface area contributed by atoms with Crippen molar-refractivity contribution in [1.82, 2.24) is 24.5 Å². The summed E-state index contributed by atoms with van der Waals surface area (Å²) in [5.74, 6) is -0.642. The Balaban J connectivity index is 0.00000134. The smallest absolute Gasteiger partial charge is 0.870 e. The number of hydrogen-bond acceptors (Lipinski definition) is 18. The van der Waals surface area contributed by atoms with Gasteiger partial charge in [-0.25, -0.2) is 28.8 Å². The fraction of sp³-hybridized carbons (Fsp3) is 0.580. The number of rotatable bonds is 12. The second-order valence-corrected chi connectivity index (χ2v) is 43.7. The Hall–Kier alpha value is -7.30. The molecule has 644 valence electrons. The van der Waals surface area contributed by atoms with Crippen LogP contribution in [-0.2, 0) is 57.8 Å². The maximum atomic E-state index is 12.0. The second-order valence-electron chi connectivity index (χ2n) is 33.9. The van der Waals surface area contributed by atoms with E-state index in [2.05, 4.69) is 148 Å². The van der Waals surface area contributed by atoms with Gasteiger partial charge in [0.1, 0.15) is 40.1 Å². The fourth-order valence-electron chi connectivity index (χ4n) is 13.0. The molecule has 116 heavy (non-hydrogen) atoms. The first-order valence-electron chi connectivity index (χ1n) is 38.8. The minimum absolute atomic E-state index is 0. The molecular weight excluding hydrogens is 1630 g/mol. The molecule has 8 atom stereocenters. The molecule has 4 aromatic rings. The van der Waals surface area contributed by atoms with E-state index in [0.29, 0.717) is 44.8 Å². The van der Waals surface area contributed by atoms with Crippen molar-refractivity contribution in [3.05, 3.63) is 139 Å². The number of ketones is 5. The van der Waals surface area contributed by atoms with Crippen molar-refractivity contribution in [2.45, 2.75) is 281 Å². The number of carbonyl (C=O) groups excluding carboxylic acids is 10. The molecule has 28 heteroatoms. The quantitative estimate of drug-likeness (QED) is 0.0437. The zero-order valence-corrected chi connectivity index (χ0v) is 76.5. The Morgan fingerprint density at radius 2 is 0.733 bits per heavy atom. The summed E-state index contributed by atoms with van der Waals surface area (Å²) in [6, 6.07) is 40.3. The molecule has 5 heterocycles. The van der Waals surface area contributed by atoms with Crippen molar-refractivity contribution >= 4 is 118 Å². The third-order valence-corrected chi connectivity index (χ3v) is 29.9. The van der Waals surface area contributed by atoms with Crippen molar-refractivity contribution in [2.24, 2.45) is 11.8 Å². The van der Waals surface area contributed by atoms with Gasteiger partial charge in [0, 0.05) is 37.8 Å². The van der Waals surface area contributed by atoms with Crippen molar-refractivity contribution in [3.63, 3.8) is 0 Å². The zero-order chi connectivity index (χ0) is 86.0. The van der Waals surface area contributed by atoms with E-state index in [0.717, 1.165) is 36.3 Å². The van der Waals surface area contributed by atoms with Gasteiger partial charge in [0.2, 0.25) is 0 Å². The molecule has 0 spiro atoms. The van der Waals surface area contributed by atoms with Crippen LogP contribution in [0.25, 0.3) is 0 Å². The number of carboxylic acid groups (broad SMARTS) is 1. The van der Waals surface area contributed by atoms with Crippen LogP contribution in [0, 0.1) is 11.8 Å². The van der Waals surface area contributed by atoms with E-state index >= 15 is 0 Å². The summed E-state index contributed by atoms with van der Waals surface area (Å²) in [6.07, 6.45) is 4.12. The minimum atomic E-state index is -2.59. The van der Waals surface area contributed by atoms with Gasteiger partial charge < -0.3 is 39.4 Å². The molecule has 0 aromatic heterocycles. The van der Waals surface area contributed by atoms with E-state index in [9.17, 15) is 57.8 Å². The Morgan fingerprint density at radius 3 is 1.02 bits per heavy atom. The number of Topliss-reactive ketones (excluding diaryl/α,β-unsaturated/α-hetero) is 5. The van der Waals surface area contributed by atoms with Gasteiger partial charge in [-0.05, 0) is 175 Å².